The second-order valence-electron chi connectivity index (χ2n) is 5.05. The van der Waals surface area contributed by atoms with E-state index in [9.17, 15) is 19.7 Å². The Morgan fingerprint density at radius 3 is 2.52 bits per heavy atom. The number of hydrogen-bond acceptors (Lipinski definition) is 7. The molecule has 25 heavy (non-hydrogen) atoms. The number of hydrogen-bond donors (Lipinski definition) is 1. The quantitative estimate of drug-likeness (QED) is 0.295. The highest BCUT2D eigenvalue weighted by atomic mass is 16.6. The van der Waals surface area contributed by atoms with Crippen molar-refractivity contribution in [3.63, 3.8) is 0 Å². The molecule has 0 saturated heterocycles. The molecule has 0 bridgehead atoms. The molecule has 0 fully saturated rings. The van der Waals surface area contributed by atoms with Crippen LogP contribution in [0.25, 0.3) is 0 Å². The molecule has 0 spiro atoms. The number of nitrogens with one attached hydrogen (secondary N) is 1. The van der Waals surface area contributed by atoms with E-state index in [2.05, 4.69) is 5.32 Å². The number of nitrogens with zero attached hydrogens (tertiary/aromatic N) is 2. The maximum absolute atomic E-state index is 12.0. The van der Waals surface area contributed by atoms with Crippen LogP contribution in [-0.4, -0.2) is 61.7 Å². The summed E-state index contributed by atoms with van der Waals surface area (Å²) in [5, 5.41) is 14.0. The first-order chi connectivity index (χ1) is 11.9. The van der Waals surface area contributed by atoms with Crippen molar-refractivity contribution in [1.29, 1.82) is 0 Å². The monoisotopic (exact) mass is 353 g/mol. The van der Waals surface area contributed by atoms with Gasteiger partial charge in [-0.2, -0.15) is 0 Å². The third-order valence-corrected chi connectivity index (χ3v) is 3.49. The molecule has 1 rings (SSSR count). The minimum atomic E-state index is -0.785. The molecule has 0 aliphatic carbocycles. The SMILES string of the molecule is CCN(CC)C(=O)COC(=O)c1ccc(NCCOC)c([N+](=O)[O-])c1. The molecule has 0 heterocycles. The first-order valence-electron chi connectivity index (χ1n) is 7.90. The molecule has 1 aromatic rings. The predicted octanol–water partition coefficient (Wildman–Crippen LogP) is 1.68. The van der Waals surface area contributed by atoms with Crippen LogP contribution in [0.4, 0.5) is 11.4 Å². The normalized spacial score (nSPS) is 10.2. The Kier molecular flexibility index (Phi) is 8.34. The van der Waals surface area contributed by atoms with Crippen LogP contribution in [0.1, 0.15) is 24.2 Å². The maximum atomic E-state index is 12.0. The highest BCUT2D eigenvalue weighted by Crippen LogP contribution is 2.25. The van der Waals surface area contributed by atoms with Crippen molar-refractivity contribution in [2.24, 2.45) is 0 Å². The number of ether oxygens (including phenoxy) is 2. The van der Waals surface area contributed by atoms with Crippen LogP contribution < -0.4 is 5.32 Å². The number of methoxy groups -OCH3 is 1. The van der Waals surface area contributed by atoms with Crippen LogP contribution in [-0.2, 0) is 14.3 Å². The summed E-state index contributed by atoms with van der Waals surface area (Å²) in [6, 6.07) is 3.96. The van der Waals surface area contributed by atoms with Gasteiger partial charge in [-0.15, -0.1) is 0 Å². The van der Waals surface area contributed by atoms with Gasteiger partial charge < -0.3 is 19.7 Å². The number of carbonyl (C=O) groups is 2. The van der Waals surface area contributed by atoms with Crippen LogP contribution in [0.2, 0.25) is 0 Å². The van der Waals surface area contributed by atoms with Gasteiger partial charge in [0, 0.05) is 32.8 Å². The standard InChI is InChI=1S/C16H23N3O6/c1-4-18(5-2)15(20)11-25-16(21)12-6-7-13(17-8-9-24-3)14(10-12)19(22)23/h6-7,10,17H,4-5,8-9,11H2,1-3H3. The number of rotatable bonds is 10. The van der Waals surface area contributed by atoms with Crippen LogP contribution in [0.5, 0.6) is 0 Å². The summed E-state index contributed by atoms with van der Waals surface area (Å²) in [7, 11) is 1.52. The van der Waals surface area contributed by atoms with Gasteiger partial charge in [0.25, 0.3) is 11.6 Å². The van der Waals surface area contributed by atoms with E-state index >= 15 is 0 Å². The summed E-state index contributed by atoms with van der Waals surface area (Å²) >= 11 is 0. The fourth-order valence-corrected chi connectivity index (χ4v) is 2.13. The Labute approximate surface area is 146 Å². The Morgan fingerprint density at radius 1 is 1.28 bits per heavy atom. The molecular weight excluding hydrogens is 330 g/mol. The number of esters is 1. The average Bonchev–Trinajstić information content (AvgIpc) is 2.60. The van der Waals surface area contributed by atoms with Gasteiger partial charge in [0.2, 0.25) is 0 Å². The second kappa shape index (κ2) is 10.2. The zero-order valence-electron chi connectivity index (χ0n) is 14.6. The molecule has 138 valence electrons. The molecule has 0 saturated carbocycles. The zero-order chi connectivity index (χ0) is 18.8. The van der Waals surface area contributed by atoms with Gasteiger partial charge in [-0.1, -0.05) is 0 Å². The van der Waals surface area contributed by atoms with Crippen molar-refractivity contribution in [2.45, 2.75) is 13.8 Å². The number of carbonyl (C=O) groups excluding carboxylic acids is 2. The van der Waals surface area contributed by atoms with Crippen molar-refractivity contribution in [3.05, 3.63) is 33.9 Å². The van der Waals surface area contributed by atoms with E-state index in [4.69, 9.17) is 9.47 Å². The molecule has 1 N–H and O–H groups in total. The average molecular weight is 353 g/mol. The number of benzene rings is 1. The van der Waals surface area contributed by atoms with E-state index in [1.807, 2.05) is 13.8 Å². The first-order valence-corrected chi connectivity index (χ1v) is 7.90. The molecule has 1 aromatic carbocycles. The largest absolute Gasteiger partial charge is 0.452 e. The highest BCUT2D eigenvalue weighted by molar-refractivity contribution is 5.93. The molecule has 0 aliphatic heterocycles. The van der Waals surface area contributed by atoms with Crippen LogP contribution in [0.3, 0.4) is 0 Å². The van der Waals surface area contributed by atoms with E-state index in [0.717, 1.165) is 6.07 Å². The van der Waals surface area contributed by atoms with E-state index in [-0.39, 0.29) is 22.8 Å². The van der Waals surface area contributed by atoms with E-state index in [0.29, 0.717) is 26.2 Å². The molecular formula is C16H23N3O6. The molecule has 9 nitrogen and oxygen atoms in total. The third kappa shape index (κ3) is 6.03. The van der Waals surface area contributed by atoms with Gasteiger partial charge in [-0.25, -0.2) is 4.79 Å². The Bertz CT molecular complexity index is 616. The number of amides is 1. The second-order valence-corrected chi connectivity index (χ2v) is 5.05. The molecule has 9 heteroatoms. The minimum Gasteiger partial charge on any atom is -0.452 e. The van der Waals surface area contributed by atoms with Gasteiger partial charge in [0.05, 0.1) is 17.1 Å². The molecule has 1 amide bonds. The van der Waals surface area contributed by atoms with Crippen LogP contribution in [0, 0.1) is 10.1 Å². The summed E-state index contributed by atoms with van der Waals surface area (Å²) in [5.41, 5.74) is 0.0368. The topological polar surface area (TPSA) is 111 Å². The predicted molar refractivity (Wildman–Crippen MR) is 91.7 cm³/mol. The maximum Gasteiger partial charge on any atom is 0.338 e. The fraction of sp³-hybridized carbons (Fsp3) is 0.500. The first kappa shape index (κ1) is 20.4. The summed E-state index contributed by atoms with van der Waals surface area (Å²) < 4.78 is 9.83. The molecule has 0 aliphatic rings. The van der Waals surface area contributed by atoms with Crippen molar-refractivity contribution < 1.29 is 24.0 Å². The van der Waals surface area contributed by atoms with Gasteiger partial charge in [0.1, 0.15) is 5.69 Å². The van der Waals surface area contributed by atoms with Crippen LogP contribution in [0.15, 0.2) is 18.2 Å². The number of anilines is 1. The van der Waals surface area contributed by atoms with Crippen molar-refractivity contribution >= 4 is 23.3 Å². The molecule has 0 unspecified atom stereocenters. The Morgan fingerprint density at radius 2 is 1.96 bits per heavy atom. The highest BCUT2D eigenvalue weighted by Gasteiger charge is 2.19. The van der Waals surface area contributed by atoms with E-state index < -0.39 is 17.5 Å². The Balaban J connectivity index is 2.80. The third-order valence-electron chi connectivity index (χ3n) is 3.49. The lowest BCUT2D eigenvalue weighted by Crippen LogP contribution is -2.34. The Hall–Kier alpha value is -2.68. The summed E-state index contributed by atoms with van der Waals surface area (Å²) in [6.45, 7) is 5.04. The number of nitro groups is 1. The molecule has 0 aromatic heterocycles. The van der Waals surface area contributed by atoms with Crippen molar-refractivity contribution in [1.82, 2.24) is 4.90 Å². The number of likely N-dealkylation sites (N-methyl/N-ethyl adjacent to an activating group) is 1. The lowest BCUT2D eigenvalue weighted by molar-refractivity contribution is -0.384. The number of nitro benzene ring substituents is 1. The van der Waals surface area contributed by atoms with Gasteiger partial charge in [-0.3, -0.25) is 14.9 Å². The zero-order valence-corrected chi connectivity index (χ0v) is 14.6. The van der Waals surface area contributed by atoms with E-state index in [1.54, 1.807) is 0 Å². The summed E-state index contributed by atoms with van der Waals surface area (Å²) in [5.74, 6) is -1.10. The van der Waals surface area contributed by atoms with Gasteiger partial charge in [-0.05, 0) is 26.0 Å². The van der Waals surface area contributed by atoms with Crippen LogP contribution >= 0.6 is 0 Å². The van der Waals surface area contributed by atoms with E-state index in [1.165, 1.54) is 24.1 Å². The molecule has 0 radical (unpaired) electrons. The lowest BCUT2D eigenvalue weighted by atomic mass is 10.1. The van der Waals surface area contributed by atoms with Crippen molar-refractivity contribution in [3.8, 4) is 0 Å². The van der Waals surface area contributed by atoms with Gasteiger partial charge >= 0.3 is 5.97 Å². The summed E-state index contributed by atoms with van der Waals surface area (Å²) in [4.78, 5) is 36.0. The minimum absolute atomic E-state index is 0.0105. The summed E-state index contributed by atoms with van der Waals surface area (Å²) in [6.07, 6.45) is 0. The molecule has 0 atom stereocenters. The smallest absolute Gasteiger partial charge is 0.338 e. The lowest BCUT2D eigenvalue weighted by Gasteiger charge is -2.18. The van der Waals surface area contributed by atoms with Gasteiger partial charge in [0.15, 0.2) is 6.61 Å². The fourth-order valence-electron chi connectivity index (χ4n) is 2.13. The van der Waals surface area contributed by atoms with Crippen molar-refractivity contribution in [2.75, 3.05) is 45.3 Å².